The summed E-state index contributed by atoms with van der Waals surface area (Å²) in [5.41, 5.74) is 1.54. The maximum Gasteiger partial charge on any atom is 0.0575 e. The van der Waals surface area contributed by atoms with E-state index < -0.39 is 0 Å². The van der Waals surface area contributed by atoms with Gasteiger partial charge in [-0.25, -0.2) is 0 Å². The fourth-order valence-electron chi connectivity index (χ4n) is 11.1. The van der Waals surface area contributed by atoms with Crippen molar-refractivity contribution < 1.29 is 9.47 Å². The molecule has 244 valence electrons. The molecule has 2 heteroatoms. The second-order valence-electron chi connectivity index (χ2n) is 16.7. The van der Waals surface area contributed by atoms with Gasteiger partial charge in [-0.15, -0.1) is 0 Å². The molecule has 0 aliphatic heterocycles. The van der Waals surface area contributed by atoms with Gasteiger partial charge in [-0.2, -0.15) is 0 Å². The maximum atomic E-state index is 6.30. The first-order valence-electron chi connectivity index (χ1n) is 19.9. The Bertz CT molecular complexity index is 644. The van der Waals surface area contributed by atoms with Crippen LogP contribution in [-0.4, -0.2) is 25.4 Å². The Hall–Kier alpha value is -0.0800. The molecule has 2 spiro atoms. The lowest BCUT2D eigenvalue weighted by Gasteiger charge is -2.62. The van der Waals surface area contributed by atoms with E-state index >= 15 is 0 Å². The van der Waals surface area contributed by atoms with Crippen LogP contribution in [0.1, 0.15) is 194 Å². The first kappa shape index (κ1) is 33.3. The Kier molecular flexibility index (Phi) is 13.5. The molecule has 0 aromatic carbocycles. The molecule has 0 radical (unpaired) electrons. The van der Waals surface area contributed by atoms with E-state index in [0.717, 1.165) is 47.7 Å². The summed E-state index contributed by atoms with van der Waals surface area (Å²) >= 11 is 0. The average Bonchev–Trinajstić information content (AvgIpc) is 3.01. The highest BCUT2D eigenvalue weighted by Gasteiger charge is 2.56. The van der Waals surface area contributed by atoms with Crippen LogP contribution in [0.2, 0.25) is 0 Å². The van der Waals surface area contributed by atoms with Gasteiger partial charge in [0.15, 0.2) is 0 Å². The second-order valence-corrected chi connectivity index (χ2v) is 16.7. The van der Waals surface area contributed by atoms with Crippen LogP contribution < -0.4 is 0 Å². The molecule has 0 amide bonds. The smallest absolute Gasteiger partial charge is 0.0575 e. The van der Waals surface area contributed by atoms with Crippen molar-refractivity contribution in [1.29, 1.82) is 0 Å². The Morgan fingerprint density at radius 1 is 0.405 bits per heavy atom. The van der Waals surface area contributed by atoms with Crippen molar-refractivity contribution in [3.05, 3.63) is 0 Å². The summed E-state index contributed by atoms with van der Waals surface area (Å²) in [7, 11) is 0. The molecule has 0 aromatic rings. The summed E-state index contributed by atoms with van der Waals surface area (Å²) in [6.45, 7) is 6.63. The number of ether oxygens (including phenoxy) is 2. The van der Waals surface area contributed by atoms with Gasteiger partial charge in [0.1, 0.15) is 0 Å². The Morgan fingerprint density at radius 3 is 1.10 bits per heavy atom. The minimum atomic E-state index is 0.581. The van der Waals surface area contributed by atoms with Crippen LogP contribution in [-0.2, 0) is 9.47 Å². The summed E-state index contributed by atoms with van der Waals surface area (Å²) in [5, 5.41) is 0. The van der Waals surface area contributed by atoms with Crippen molar-refractivity contribution >= 4 is 0 Å². The zero-order valence-corrected chi connectivity index (χ0v) is 28.5. The van der Waals surface area contributed by atoms with Crippen LogP contribution in [0.5, 0.6) is 0 Å². The third kappa shape index (κ3) is 9.47. The standard InChI is InChI=1S/C40H72O2/c1-3-5-7-9-11-29-41-37-17-13-33(14-18-37)35-21-25-39(26-22-35)31-40(32-39)27-23-36(24-28-40)34-15-19-38(20-16-34)42-30-12-10-8-6-4-2/h33-38H,3-32H2,1-2H3/t33-,34-,35?,36?,37-,38-,39?,40?. The van der Waals surface area contributed by atoms with Crippen LogP contribution in [0.4, 0.5) is 0 Å². The zero-order chi connectivity index (χ0) is 29.1. The zero-order valence-electron chi connectivity index (χ0n) is 28.5. The van der Waals surface area contributed by atoms with Crippen LogP contribution in [0.25, 0.3) is 0 Å². The van der Waals surface area contributed by atoms with Gasteiger partial charge in [0.2, 0.25) is 0 Å². The third-order valence-corrected chi connectivity index (χ3v) is 13.7. The van der Waals surface area contributed by atoms with Crippen LogP contribution in [0.15, 0.2) is 0 Å². The van der Waals surface area contributed by atoms with Gasteiger partial charge < -0.3 is 9.47 Å². The summed E-state index contributed by atoms with van der Waals surface area (Å²) in [6, 6.07) is 0. The molecule has 5 rings (SSSR count). The van der Waals surface area contributed by atoms with Gasteiger partial charge in [-0.05, 0) is 163 Å². The largest absolute Gasteiger partial charge is 0.378 e. The van der Waals surface area contributed by atoms with Crippen LogP contribution >= 0.6 is 0 Å². The van der Waals surface area contributed by atoms with E-state index in [0.29, 0.717) is 12.2 Å². The molecule has 5 aliphatic carbocycles. The predicted octanol–water partition coefficient (Wildman–Crippen LogP) is 12.2. The van der Waals surface area contributed by atoms with Crippen molar-refractivity contribution in [3.8, 4) is 0 Å². The highest BCUT2D eigenvalue weighted by Crippen LogP contribution is 2.67. The molecule has 0 bridgehead atoms. The van der Waals surface area contributed by atoms with Gasteiger partial charge in [0, 0.05) is 13.2 Å². The summed E-state index contributed by atoms with van der Waals surface area (Å²) in [5.74, 6) is 4.11. The average molecular weight is 585 g/mol. The normalized spacial score (nSPS) is 39.0. The first-order chi connectivity index (χ1) is 20.6. The van der Waals surface area contributed by atoms with E-state index in [-0.39, 0.29) is 0 Å². The third-order valence-electron chi connectivity index (χ3n) is 13.7. The molecule has 5 saturated carbocycles. The van der Waals surface area contributed by atoms with Crippen molar-refractivity contribution in [2.75, 3.05) is 13.2 Å². The van der Waals surface area contributed by atoms with Gasteiger partial charge in [0.05, 0.1) is 12.2 Å². The molecule has 42 heavy (non-hydrogen) atoms. The molecule has 5 fully saturated rings. The molecule has 0 aromatic heterocycles. The van der Waals surface area contributed by atoms with Gasteiger partial charge >= 0.3 is 0 Å². The number of hydrogen-bond acceptors (Lipinski definition) is 2. The van der Waals surface area contributed by atoms with Gasteiger partial charge in [-0.3, -0.25) is 0 Å². The minimum Gasteiger partial charge on any atom is -0.378 e. The highest BCUT2D eigenvalue weighted by atomic mass is 16.5. The Morgan fingerprint density at radius 2 is 0.738 bits per heavy atom. The molecule has 0 atom stereocenters. The fraction of sp³-hybridized carbons (Fsp3) is 1.00. The van der Waals surface area contributed by atoms with Gasteiger partial charge in [0.25, 0.3) is 0 Å². The SMILES string of the molecule is CCCCCCCO[C@H]1CC[C@H](C2CCC3(CC2)CC2(CCC([C@H]4CC[C@H](OCCCCCCC)CC4)CC2)C3)CC1. The molecular formula is C40H72O2. The molecule has 0 unspecified atom stereocenters. The Labute approximate surface area is 262 Å². The minimum absolute atomic E-state index is 0.581. The van der Waals surface area contributed by atoms with Crippen LogP contribution in [0, 0.1) is 34.5 Å². The second kappa shape index (κ2) is 17.0. The van der Waals surface area contributed by atoms with Gasteiger partial charge in [-0.1, -0.05) is 65.2 Å². The lowest BCUT2D eigenvalue weighted by atomic mass is 9.43. The summed E-state index contributed by atoms with van der Waals surface area (Å²) < 4.78 is 12.6. The van der Waals surface area contributed by atoms with Crippen molar-refractivity contribution in [1.82, 2.24) is 0 Å². The quantitative estimate of drug-likeness (QED) is 0.168. The number of unbranched alkanes of at least 4 members (excludes halogenated alkanes) is 8. The first-order valence-corrected chi connectivity index (χ1v) is 19.9. The monoisotopic (exact) mass is 585 g/mol. The molecule has 0 N–H and O–H groups in total. The molecular weight excluding hydrogens is 512 g/mol. The molecule has 5 aliphatic rings. The molecule has 2 nitrogen and oxygen atoms in total. The van der Waals surface area contributed by atoms with E-state index in [1.54, 1.807) is 64.2 Å². The number of hydrogen-bond donors (Lipinski definition) is 0. The van der Waals surface area contributed by atoms with E-state index in [9.17, 15) is 0 Å². The van der Waals surface area contributed by atoms with Crippen LogP contribution in [0.3, 0.4) is 0 Å². The lowest BCUT2D eigenvalue weighted by molar-refractivity contribution is -0.111. The Balaban J connectivity index is 0.910. The van der Waals surface area contributed by atoms with Crippen molar-refractivity contribution in [2.24, 2.45) is 34.5 Å². The maximum absolute atomic E-state index is 6.30. The molecule has 0 saturated heterocycles. The van der Waals surface area contributed by atoms with Crippen molar-refractivity contribution in [3.63, 3.8) is 0 Å². The summed E-state index contributed by atoms with van der Waals surface area (Å²) in [6.07, 6.45) is 41.6. The van der Waals surface area contributed by atoms with E-state index in [1.165, 1.54) is 116 Å². The summed E-state index contributed by atoms with van der Waals surface area (Å²) in [4.78, 5) is 0. The molecule has 0 heterocycles. The fourth-order valence-corrected chi connectivity index (χ4v) is 11.1. The van der Waals surface area contributed by atoms with E-state index in [1.807, 2.05) is 0 Å². The van der Waals surface area contributed by atoms with E-state index in [2.05, 4.69) is 13.8 Å². The number of rotatable bonds is 16. The highest BCUT2D eigenvalue weighted by molar-refractivity contribution is 5.07. The van der Waals surface area contributed by atoms with Crippen molar-refractivity contribution in [2.45, 2.75) is 206 Å². The topological polar surface area (TPSA) is 18.5 Å². The predicted molar refractivity (Wildman–Crippen MR) is 179 cm³/mol. The van der Waals surface area contributed by atoms with E-state index in [4.69, 9.17) is 9.47 Å². The lowest BCUT2D eigenvalue weighted by Crippen LogP contribution is -2.50.